The molecular weight excluding hydrogens is 226 g/mol. The van der Waals surface area contributed by atoms with Crippen molar-refractivity contribution in [1.82, 2.24) is 15.3 Å². The van der Waals surface area contributed by atoms with Gasteiger partial charge in [-0.15, -0.1) is 0 Å². The lowest BCUT2D eigenvalue weighted by molar-refractivity contribution is 0.460. The number of pyridine rings is 2. The van der Waals surface area contributed by atoms with E-state index in [9.17, 15) is 0 Å². The fourth-order valence-corrected chi connectivity index (χ4v) is 1.43. The Balaban J connectivity index is 1.95. The Labute approximate surface area is 107 Å². The topological polar surface area (TPSA) is 47.0 Å². The van der Waals surface area contributed by atoms with Crippen molar-refractivity contribution in [2.24, 2.45) is 0 Å². The molecule has 0 aliphatic carbocycles. The van der Waals surface area contributed by atoms with Crippen LogP contribution in [0.25, 0.3) is 0 Å². The summed E-state index contributed by atoms with van der Waals surface area (Å²) in [6.07, 6.45) is 5.19. The van der Waals surface area contributed by atoms with Gasteiger partial charge in [0, 0.05) is 31.0 Å². The van der Waals surface area contributed by atoms with Crippen LogP contribution in [0.1, 0.15) is 19.4 Å². The van der Waals surface area contributed by atoms with Crippen LogP contribution in [0.2, 0.25) is 0 Å². The van der Waals surface area contributed by atoms with Crippen LogP contribution in [0.4, 0.5) is 0 Å². The lowest BCUT2D eigenvalue weighted by Gasteiger charge is -2.08. The Bertz CT molecular complexity index is 468. The smallest absolute Gasteiger partial charge is 0.219 e. The molecule has 2 aromatic rings. The molecule has 0 unspecified atom stereocenters. The minimum Gasteiger partial charge on any atom is -0.437 e. The molecule has 1 N–H and O–H groups in total. The van der Waals surface area contributed by atoms with E-state index in [4.69, 9.17) is 4.74 Å². The van der Waals surface area contributed by atoms with Crippen LogP contribution in [0.5, 0.6) is 11.6 Å². The molecule has 0 atom stereocenters. The van der Waals surface area contributed by atoms with E-state index in [0.29, 0.717) is 17.7 Å². The van der Waals surface area contributed by atoms with Crippen LogP contribution < -0.4 is 10.1 Å². The van der Waals surface area contributed by atoms with E-state index in [1.165, 1.54) is 0 Å². The molecule has 0 spiro atoms. The average molecular weight is 243 g/mol. The predicted molar refractivity (Wildman–Crippen MR) is 70.5 cm³/mol. The van der Waals surface area contributed by atoms with Gasteiger partial charge in [-0.3, -0.25) is 4.98 Å². The molecule has 18 heavy (non-hydrogen) atoms. The van der Waals surface area contributed by atoms with E-state index >= 15 is 0 Å². The van der Waals surface area contributed by atoms with Crippen LogP contribution in [0.3, 0.4) is 0 Å². The molecule has 4 nitrogen and oxygen atoms in total. The first-order valence-electron chi connectivity index (χ1n) is 6.00. The number of rotatable bonds is 5. The summed E-state index contributed by atoms with van der Waals surface area (Å²) in [6, 6.07) is 8.02. The zero-order valence-corrected chi connectivity index (χ0v) is 10.6. The molecule has 0 radical (unpaired) electrons. The minimum absolute atomic E-state index is 0.469. The Morgan fingerprint density at radius 2 is 2.11 bits per heavy atom. The van der Waals surface area contributed by atoms with E-state index in [2.05, 4.69) is 29.1 Å². The van der Waals surface area contributed by atoms with Gasteiger partial charge >= 0.3 is 0 Å². The van der Waals surface area contributed by atoms with Crippen molar-refractivity contribution in [3.05, 3.63) is 48.4 Å². The van der Waals surface area contributed by atoms with E-state index in [0.717, 1.165) is 12.1 Å². The molecule has 0 bridgehead atoms. The second kappa shape index (κ2) is 6.12. The maximum absolute atomic E-state index is 5.56. The quantitative estimate of drug-likeness (QED) is 0.877. The summed E-state index contributed by atoms with van der Waals surface area (Å²) < 4.78 is 5.56. The standard InChI is InChI=1S/C14H17N3O/c1-11(2)16-8-12-5-6-14(17-9-12)18-13-4-3-7-15-10-13/h3-7,9-11,16H,8H2,1-2H3. The second-order valence-corrected chi connectivity index (χ2v) is 4.33. The maximum Gasteiger partial charge on any atom is 0.219 e. The summed E-state index contributed by atoms with van der Waals surface area (Å²) in [4.78, 5) is 8.25. The Morgan fingerprint density at radius 3 is 2.72 bits per heavy atom. The molecular formula is C14H17N3O. The predicted octanol–water partition coefficient (Wildman–Crippen LogP) is 2.77. The highest BCUT2D eigenvalue weighted by molar-refractivity contribution is 5.25. The highest BCUT2D eigenvalue weighted by Crippen LogP contribution is 2.17. The Morgan fingerprint density at radius 1 is 1.22 bits per heavy atom. The van der Waals surface area contributed by atoms with Crippen molar-refractivity contribution < 1.29 is 4.74 Å². The van der Waals surface area contributed by atoms with Crippen molar-refractivity contribution in [2.75, 3.05) is 0 Å². The first-order chi connectivity index (χ1) is 8.74. The maximum atomic E-state index is 5.56. The summed E-state index contributed by atoms with van der Waals surface area (Å²) in [7, 11) is 0. The number of nitrogens with one attached hydrogen (secondary N) is 1. The number of hydrogen-bond donors (Lipinski definition) is 1. The second-order valence-electron chi connectivity index (χ2n) is 4.33. The normalized spacial score (nSPS) is 10.6. The van der Waals surface area contributed by atoms with Crippen molar-refractivity contribution in [3.8, 4) is 11.6 Å². The zero-order chi connectivity index (χ0) is 12.8. The molecule has 2 heterocycles. The average Bonchev–Trinajstić information content (AvgIpc) is 2.39. The van der Waals surface area contributed by atoms with Gasteiger partial charge in [-0.05, 0) is 17.7 Å². The van der Waals surface area contributed by atoms with Gasteiger partial charge in [-0.2, -0.15) is 0 Å². The van der Waals surface area contributed by atoms with Crippen LogP contribution in [-0.4, -0.2) is 16.0 Å². The lowest BCUT2D eigenvalue weighted by Crippen LogP contribution is -2.21. The number of aromatic nitrogens is 2. The third-order valence-corrected chi connectivity index (χ3v) is 2.37. The van der Waals surface area contributed by atoms with Gasteiger partial charge in [-0.1, -0.05) is 19.9 Å². The van der Waals surface area contributed by atoms with Crippen LogP contribution in [-0.2, 0) is 6.54 Å². The molecule has 4 heteroatoms. The third kappa shape index (κ3) is 3.82. The monoisotopic (exact) mass is 243 g/mol. The molecule has 2 aromatic heterocycles. The van der Waals surface area contributed by atoms with E-state index < -0.39 is 0 Å². The van der Waals surface area contributed by atoms with E-state index in [1.807, 2.05) is 30.5 Å². The van der Waals surface area contributed by atoms with Gasteiger partial charge in [-0.25, -0.2) is 4.98 Å². The highest BCUT2D eigenvalue weighted by Gasteiger charge is 2.00. The van der Waals surface area contributed by atoms with Gasteiger partial charge in [0.1, 0.15) is 5.75 Å². The van der Waals surface area contributed by atoms with Crippen molar-refractivity contribution in [3.63, 3.8) is 0 Å². The Hall–Kier alpha value is -1.94. The van der Waals surface area contributed by atoms with Gasteiger partial charge < -0.3 is 10.1 Å². The summed E-state index contributed by atoms with van der Waals surface area (Å²) in [5.41, 5.74) is 1.14. The van der Waals surface area contributed by atoms with Gasteiger partial charge in [0.15, 0.2) is 0 Å². The van der Waals surface area contributed by atoms with E-state index in [1.54, 1.807) is 12.4 Å². The summed E-state index contributed by atoms with van der Waals surface area (Å²) in [6.45, 7) is 5.05. The van der Waals surface area contributed by atoms with Crippen molar-refractivity contribution >= 4 is 0 Å². The highest BCUT2D eigenvalue weighted by atomic mass is 16.5. The molecule has 2 rings (SSSR count). The lowest BCUT2D eigenvalue weighted by atomic mass is 10.2. The number of ether oxygens (including phenoxy) is 1. The van der Waals surface area contributed by atoms with Gasteiger partial charge in [0.05, 0.1) is 6.20 Å². The molecule has 94 valence electrons. The molecule has 0 saturated carbocycles. The van der Waals surface area contributed by atoms with Crippen molar-refractivity contribution in [1.29, 1.82) is 0 Å². The molecule has 0 fully saturated rings. The first kappa shape index (κ1) is 12.5. The zero-order valence-electron chi connectivity index (χ0n) is 10.6. The first-order valence-corrected chi connectivity index (χ1v) is 6.00. The molecule has 0 amide bonds. The number of hydrogen-bond acceptors (Lipinski definition) is 4. The third-order valence-electron chi connectivity index (χ3n) is 2.37. The Kier molecular flexibility index (Phi) is 4.25. The van der Waals surface area contributed by atoms with Crippen LogP contribution >= 0.6 is 0 Å². The van der Waals surface area contributed by atoms with Gasteiger partial charge in [0.2, 0.25) is 5.88 Å². The molecule has 0 aliphatic heterocycles. The summed E-state index contributed by atoms with van der Waals surface area (Å²) in [5, 5.41) is 3.34. The van der Waals surface area contributed by atoms with Crippen molar-refractivity contribution in [2.45, 2.75) is 26.4 Å². The van der Waals surface area contributed by atoms with Gasteiger partial charge in [0.25, 0.3) is 0 Å². The van der Waals surface area contributed by atoms with Crippen LogP contribution in [0.15, 0.2) is 42.9 Å². The fraction of sp³-hybridized carbons (Fsp3) is 0.286. The molecule has 0 aromatic carbocycles. The fourth-order valence-electron chi connectivity index (χ4n) is 1.43. The molecule has 0 saturated heterocycles. The SMILES string of the molecule is CC(C)NCc1ccc(Oc2cccnc2)nc1. The van der Waals surface area contributed by atoms with E-state index in [-0.39, 0.29) is 0 Å². The summed E-state index contributed by atoms with van der Waals surface area (Å²) in [5.74, 6) is 1.27. The summed E-state index contributed by atoms with van der Waals surface area (Å²) >= 11 is 0. The van der Waals surface area contributed by atoms with Crippen LogP contribution in [0, 0.1) is 0 Å². The minimum atomic E-state index is 0.469. The largest absolute Gasteiger partial charge is 0.437 e. The number of nitrogens with zero attached hydrogens (tertiary/aromatic N) is 2. The molecule has 0 aliphatic rings.